The Kier molecular flexibility index (Phi) is 3.57. The number of hydrogen-bond donors (Lipinski definition) is 1. The van der Waals surface area contributed by atoms with Gasteiger partial charge in [-0.05, 0) is 45.5 Å². The molecule has 0 aromatic carbocycles. The van der Waals surface area contributed by atoms with Crippen LogP contribution in [0.3, 0.4) is 0 Å². The second kappa shape index (κ2) is 5.33. The van der Waals surface area contributed by atoms with Crippen molar-refractivity contribution in [3.05, 3.63) is 23.8 Å². The summed E-state index contributed by atoms with van der Waals surface area (Å²) in [6.07, 6.45) is 6.70. The highest BCUT2D eigenvalue weighted by molar-refractivity contribution is 5.11. The first-order valence-electron chi connectivity index (χ1n) is 7.05. The molecule has 0 spiro atoms. The van der Waals surface area contributed by atoms with Crippen molar-refractivity contribution in [2.45, 2.75) is 37.6 Å². The van der Waals surface area contributed by atoms with E-state index < -0.39 is 0 Å². The van der Waals surface area contributed by atoms with Crippen molar-refractivity contribution in [1.82, 2.24) is 20.2 Å². The van der Waals surface area contributed by atoms with Crippen molar-refractivity contribution in [3.8, 4) is 0 Å². The maximum Gasteiger partial charge on any atom is 0.130 e. The Balaban J connectivity index is 1.68. The van der Waals surface area contributed by atoms with Crippen LogP contribution in [0.4, 0.5) is 0 Å². The van der Waals surface area contributed by atoms with Gasteiger partial charge in [0.2, 0.25) is 0 Å². The van der Waals surface area contributed by atoms with Gasteiger partial charge in [-0.1, -0.05) is 0 Å². The SMILES string of the molecule is CN1CCC(c2ccnc(CC3CCCN3)n2)C1. The predicted octanol–water partition coefficient (Wildman–Crippen LogP) is 1.19. The summed E-state index contributed by atoms with van der Waals surface area (Å²) >= 11 is 0. The molecule has 2 aliphatic rings. The third-order valence-corrected chi connectivity index (χ3v) is 4.13. The third-order valence-electron chi connectivity index (χ3n) is 4.13. The molecule has 4 heteroatoms. The minimum absolute atomic E-state index is 0.589. The lowest BCUT2D eigenvalue weighted by Gasteiger charge is -2.12. The molecule has 4 nitrogen and oxygen atoms in total. The first kappa shape index (κ1) is 12.1. The van der Waals surface area contributed by atoms with Gasteiger partial charge in [-0.3, -0.25) is 0 Å². The molecule has 0 amide bonds. The molecule has 0 radical (unpaired) electrons. The molecule has 1 aromatic rings. The van der Waals surface area contributed by atoms with E-state index in [1.807, 2.05) is 6.20 Å². The van der Waals surface area contributed by atoms with E-state index in [0.29, 0.717) is 12.0 Å². The van der Waals surface area contributed by atoms with Gasteiger partial charge in [0.05, 0.1) is 0 Å². The van der Waals surface area contributed by atoms with Crippen molar-refractivity contribution in [3.63, 3.8) is 0 Å². The fraction of sp³-hybridized carbons (Fsp3) is 0.714. The first-order valence-corrected chi connectivity index (χ1v) is 7.05. The smallest absolute Gasteiger partial charge is 0.130 e. The Morgan fingerprint density at radius 1 is 1.44 bits per heavy atom. The number of likely N-dealkylation sites (N-methyl/N-ethyl adjacent to an activating group) is 1. The molecule has 98 valence electrons. The molecule has 1 N–H and O–H groups in total. The van der Waals surface area contributed by atoms with E-state index in [1.54, 1.807) is 0 Å². The molecule has 2 saturated heterocycles. The van der Waals surface area contributed by atoms with Gasteiger partial charge in [0.1, 0.15) is 5.82 Å². The second-order valence-electron chi connectivity index (χ2n) is 5.64. The van der Waals surface area contributed by atoms with Gasteiger partial charge in [-0.15, -0.1) is 0 Å². The lowest BCUT2D eigenvalue weighted by molar-refractivity contribution is 0.410. The molecule has 2 atom stereocenters. The van der Waals surface area contributed by atoms with E-state index in [-0.39, 0.29) is 0 Å². The largest absolute Gasteiger partial charge is 0.314 e. The Bertz CT molecular complexity index is 401. The summed E-state index contributed by atoms with van der Waals surface area (Å²) in [5.74, 6) is 1.62. The summed E-state index contributed by atoms with van der Waals surface area (Å²) < 4.78 is 0. The van der Waals surface area contributed by atoms with Gasteiger partial charge in [0, 0.05) is 36.8 Å². The minimum Gasteiger partial charge on any atom is -0.314 e. The molecule has 1 aromatic heterocycles. The van der Waals surface area contributed by atoms with Crippen molar-refractivity contribution in [1.29, 1.82) is 0 Å². The quantitative estimate of drug-likeness (QED) is 0.870. The number of likely N-dealkylation sites (tertiary alicyclic amines) is 1. The Hall–Kier alpha value is -1.00. The maximum atomic E-state index is 4.77. The molecule has 0 bridgehead atoms. The zero-order valence-corrected chi connectivity index (χ0v) is 11.1. The molecule has 3 rings (SSSR count). The molecule has 3 heterocycles. The van der Waals surface area contributed by atoms with Crippen LogP contribution in [0.1, 0.15) is 36.7 Å². The topological polar surface area (TPSA) is 41.1 Å². The van der Waals surface area contributed by atoms with Crippen molar-refractivity contribution in [2.24, 2.45) is 0 Å². The maximum absolute atomic E-state index is 4.77. The normalized spacial score (nSPS) is 28.9. The van der Waals surface area contributed by atoms with E-state index in [0.717, 1.165) is 25.3 Å². The molecule has 2 fully saturated rings. The number of rotatable bonds is 3. The average molecular weight is 246 g/mol. The molecule has 0 saturated carbocycles. The van der Waals surface area contributed by atoms with Crippen LogP contribution in [0.5, 0.6) is 0 Å². The third kappa shape index (κ3) is 2.70. The second-order valence-corrected chi connectivity index (χ2v) is 5.64. The van der Waals surface area contributed by atoms with Gasteiger partial charge in [-0.2, -0.15) is 0 Å². The Morgan fingerprint density at radius 3 is 3.11 bits per heavy atom. The standard InChI is InChI=1S/C14H22N4/c1-18-8-5-11(10-18)13-4-7-16-14(17-13)9-12-3-2-6-15-12/h4,7,11-12,15H,2-3,5-6,8-10H2,1H3. The first-order chi connectivity index (χ1) is 8.81. The summed E-state index contributed by atoms with van der Waals surface area (Å²) in [5.41, 5.74) is 1.24. The number of hydrogen-bond acceptors (Lipinski definition) is 4. The van der Waals surface area contributed by atoms with E-state index in [1.165, 1.54) is 31.5 Å². The van der Waals surface area contributed by atoms with Gasteiger partial charge < -0.3 is 10.2 Å². The van der Waals surface area contributed by atoms with E-state index in [2.05, 4.69) is 28.3 Å². The lowest BCUT2D eigenvalue weighted by atomic mass is 10.0. The highest BCUT2D eigenvalue weighted by atomic mass is 15.1. The summed E-state index contributed by atoms with van der Waals surface area (Å²) in [4.78, 5) is 11.6. The van der Waals surface area contributed by atoms with Gasteiger partial charge in [0.25, 0.3) is 0 Å². The summed E-state index contributed by atoms with van der Waals surface area (Å²) in [5, 5.41) is 3.51. The molecule has 0 aliphatic carbocycles. The van der Waals surface area contributed by atoms with Gasteiger partial charge >= 0.3 is 0 Å². The van der Waals surface area contributed by atoms with Crippen LogP contribution in [0, 0.1) is 0 Å². The van der Waals surface area contributed by atoms with Crippen LogP contribution in [-0.4, -0.2) is 47.6 Å². The van der Waals surface area contributed by atoms with Crippen LogP contribution < -0.4 is 5.32 Å². The summed E-state index contributed by atoms with van der Waals surface area (Å²) in [6.45, 7) is 3.48. The number of nitrogens with one attached hydrogen (secondary N) is 1. The predicted molar refractivity (Wildman–Crippen MR) is 71.6 cm³/mol. The fourth-order valence-corrected chi connectivity index (χ4v) is 3.07. The fourth-order valence-electron chi connectivity index (χ4n) is 3.07. The van der Waals surface area contributed by atoms with Gasteiger partial charge in [-0.25, -0.2) is 9.97 Å². The molecular weight excluding hydrogens is 224 g/mol. The van der Waals surface area contributed by atoms with Crippen LogP contribution >= 0.6 is 0 Å². The summed E-state index contributed by atoms with van der Waals surface area (Å²) in [6, 6.07) is 2.68. The average Bonchev–Trinajstić information content (AvgIpc) is 3.01. The zero-order chi connectivity index (χ0) is 12.4. The number of nitrogens with zero attached hydrogens (tertiary/aromatic N) is 3. The van der Waals surface area contributed by atoms with Crippen LogP contribution in [-0.2, 0) is 6.42 Å². The number of aromatic nitrogens is 2. The highest BCUT2D eigenvalue weighted by Gasteiger charge is 2.23. The Morgan fingerprint density at radius 2 is 2.39 bits per heavy atom. The van der Waals surface area contributed by atoms with Crippen molar-refractivity contribution in [2.75, 3.05) is 26.7 Å². The Labute approximate surface area is 109 Å². The zero-order valence-electron chi connectivity index (χ0n) is 11.1. The minimum atomic E-state index is 0.589. The highest BCUT2D eigenvalue weighted by Crippen LogP contribution is 2.24. The van der Waals surface area contributed by atoms with Crippen molar-refractivity contribution < 1.29 is 0 Å². The lowest BCUT2D eigenvalue weighted by Crippen LogP contribution is -2.25. The summed E-state index contributed by atoms with van der Waals surface area (Å²) in [7, 11) is 2.19. The van der Waals surface area contributed by atoms with E-state index in [9.17, 15) is 0 Å². The van der Waals surface area contributed by atoms with E-state index >= 15 is 0 Å². The monoisotopic (exact) mass is 246 g/mol. The van der Waals surface area contributed by atoms with Gasteiger partial charge in [0.15, 0.2) is 0 Å². The van der Waals surface area contributed by atoms with Crippen LogP contribution in [0.25, 0.3) is 0 Å². The molecule has 2 unspecified atom stereocenters. The molecular formula is C14H22N4. The molecule has 18 heavy (non-hydrogen) atoms. The van der Waals surface area contributed by atoms with Crippen LogP contribution in [0.2, 0.25) is 0 Å². The van der Waals surface area contributed by atoms with Crippen LogP contribution in [0.15, 0.2) is 12.3 Å². The van der Waals surface area contributed by atoms with E-state index in [4.69, 9.17) is 4.98 Å². The van der Waals surface area contributed by atoms with Crippen molar-refractivity contribution >= 4 is 0 Å². The molecule has 2 aliphatic heterocycles.